The van der Waals surface area contributed by atoms with E-state index in [1.165, 1.54) is 51.4 Å². The third kappa shape index (κ3) is 8.93. The van der Waals surface area contributed by atoms with E-state index in [4.69, 9.17) is 9.47 Å². The number of hydrogen-bond acceptors (Lipinski definition) is 2. The third-order valence-electron chi connectivity index (χ3n) is 3.88. The molecular formula is C16H34O2. The van der Waals surface area contributed by atoms with Crippen LogP contribution in [0.4, 0.5) is 0 Å². The molecule has 0 saturated heterocycles. The lowest BCUT2D eigenvalue weighted by Crippen LogP contribution is -2.23. The fourth-order valence-corrected chi connectivity index (χ4v) is 2.66. The van der Waals surface area contributed by atoms with Gasteiger partial charge in [0.05, 0.1) is 0 Å². The van der Waals surface area contributed by atoms with Gasteiger partial charge in [-0.2, -0.15) is 0 Å². The Hall–Kier alpha value is -0.0800. The van der Waals surface area contributed by atoms with Crippen LogP contribution in [-0.2, 0) is 9.47 Å². The first kappa shape index (κ1) is 17.9. The summed E-state index contributed by atoms with van der Waals surface area (Å²) in [5, 5.41) is 0. The first-order chi connectivity index (χ1) is 8.79. The molecule has 0 aromatic rings. The third-order valence-corrected chi connectivity index (χ3v) is 3.88. The van der Waals surface area contributed by atoms with Gasteiger partial charge in [-0.05, 0) is 18.3 Å². The molecule has 0 spiro atoms. The summed E-state index contributed by atoms with van der Waals surface area (Å²) in [6.07, 6.45) is 10.7. The fraction of sp³-hybridized carbons (Fsp3) is 1.00. The molecule has 2 unspecified atom stereocenters. The molecule has 0 saturated carbocycles. The predicted molar refractivity (Wildman–Crippen MR) is 79.0 cm³/mol. The van der Waals surface area contributed by atoms with Crippen molar-refractivity contribution < 1.29 is 9.47 Å². The SMILES string of the molecule is CCCCCCCCC(COC)C(CC)COC. The molecule has 0 heterocycles. The maximum absolute atomic E-state index is 5.37. The van der Waals surface area contributed by atoms with Crippen LogP contribution in [0.5, 0.6) is 0 Å². The van der Waals surface area contributed by atoms with E-state index >= 15 is 0 Å². The maximum Gasteiger partial charge on any atom is 0.0493 e. The summed E-state index contributed by atoms with van der Waals surface area (Å²) in [7, 11) is 3.62. The lowest BCUT2D eigenvalue weighted by atomic mass is 9.87. The van der Waals surface area contributed by atoms with Gasteiger partial charge in [0.1, 0.15) is 0 Å². The van der Waals surface area contributed by atoms with Gasteiger partial charge in [0, 0.05) is 27.4 Å². The van der Waals surface area contributed by atoms with E-state index < -0.39 is 0 Å². The summed E-state index contributed by atoms with van der Waals surface area (Å²) >= 11 is 0. The molecule has 2 nitrogen and oxygen atoms in total. The lowest BCUT2D eigenvalue weighted by molar-refractivity contribution is 0.0627. The summed E-state index contributed by atoms with van der Waals surface area (Å²) in [4.78, 5) is 0. The van der Waals surface area contributed by atoms with Gasteiger partial charge in [0.15, 0.2) is 0 Å². The molecule has 18 heavy (non-hydrogen) atoms. The van der Waals surface area contributed by atoms with Gasteiger partial charge in [-0.15, -0.1) is 0 Å². The monoisotopic (exact) mass is 258 g/mol. The van der Waals surface area contributed by atoms with Gasteiger partial charge >= 0.3 is 0 Å². The molecule has 2 atom stereocenters. The van der Waals surface area contributed by atoms with Crippen LogP contribution < -0.4 is 0 Å². The minimum atomic E-state index is 0.658. The van der Waals surface area contributed by atoms with Crippen molar-refractivity contribution in [3.05, 3.63) is 0 Å². The van der Waals surface area contributed by atoms with Gasteiger partial charge in [0.25, 0.3) is 0 Å². The number of rotatable bonds is 13. The topological polar surface area (TPSA) is 18.5 Å². The Morgan fingerprint density at radius 1 is 0.722 bits per heavy atom. The molecule has 0 bridgehead atoms. The quantitative estimate of drug-likeness (QED) is 0.447. The van der Waals surface area contributed by atoms with Crippen molar-refractivity contribution in [2.24, 2.45) is 11.8 Å². The van der Waals surface area contributed by atoms with Crippen molar-refractivity contribution in [3.8, 4) is 0 Å². The second-order valence-corrected chi connectivity index (χ2v) is 5.40. The van der Waals surface area contributed by atoms with Crippen molar-refractivity contribution in [1.29, 1.82) is 0 Å². The molecule has 0 aromatic heterocycles. The van der Waals surface area contributed by atoms with Crippen molar-refractivity contribution in [1.82, 2.24) is 0 Å². The summed E-state index contributed by atoms with van der Waals surface area (Å²) in [6, 6.07) is 0. The molecular weight excluding hydrogens is 224 g/mol. The molecule has 0 aromatic carbocycles. The number of hydrogen-bond donors (Lipinski definition) is 0. The predicted octanol–water partition coefficient (Wildman–Crippen LogP) is 4.67. The van der Waals surface area contributed by atoms with E-state index in [0.29, 0.717) is 11.8 Å². The Bertz CT molecular complexity index is 159. The van der Waals surface area contributed by atoms with E-state index in [1.54, 1.807) is 7.11 Å². The fourth-order valence-electron chi connectivity index (χ4n) is 2.66. The molecule has 2 heteroatoms. The molecule has 0 aliphatic carbocycles. The van der Waals surface area contributed by atoms with E-state index in [1.807, 2.05) is 7.11 Å². The van der Waals surface area contributed by atoms with E-state index in [-0.39, 0.29) is 0 Å². The van der Waals surface area contributed by atoms with E-state index in [2.05, 4.69) is 13.8 Å². The van der Waals surface area contributed by atoms with Crippen LogP contribution in [0.3, 0.4) is 0 Å². The van der Waals surface area contributed by atoms with Gasteiger partial charge < -0.3 is 9.47 Å². The molecule has 110 valence electrons. The summed E-state index contributed by atoms with van der Waals surface area (Å²) < 4.78 is 10.7. The standard InChI is InChI=1S/C16H34O2/c1-5-7-8-9-10-11-12-16(14-18-4)15(6-2)13-17-3/h15-16H,5-14H2,1-4H3. The average molecular weight is 258 g/mol. The minimum Gasteiger partial charge on any atom is -0.384 e. The zero-order chi connectivity index (χ0) is 13.6. The second-order valence-electron chi connectivity index (χ2n) is 5.40. The average Bonchev–Trinajstić information content (AvgIpc) is 2.39. The number of ether oxygens (including phenoxy) is 2. The number of methoxy groups -OCH3 is 2. The Labute approximate surface area is 114 Å². The molecule has 0 N–H and O–H groups in total. The van der Waals surface area contributed by atoms with E-state index in [0.717, 1.165) is 13.2 Å². The largest absolute Gasteiger partial charge is 0.384 e. The normalized spacial score (nSPS) is 14.7. The van der Waals surface area contributed by atoms with Gasteiger partial charge in [0.2, 0.25) is 0 Å². The summed E-state index contributed by atoms with van der Waals surface area (Å²) in [5.41, 5.74) is 0. The van der Waals surface area contributed by atoms with Crippen molar-refractivity contribution in [2.75, 3.05) is 27.4 Å². The molecule has 0 aliphatic rings. The van der Waals surface area contributed by atoms with Crippen LogP contribution in [-0.4, -0.2) is 27.4 Å². The summed E-state index contributed by atoms with van der Waals surface area (Å²) in [5.74, 6) is 1.33. The molecule has 0 fully saturated rings. The van der Waals surface area contributed by atoms with Gasteiger partial charge in [-0.25, -0.2) is 0 Å². The minimum absolute atomic E-state index is 0.658. The Balaban J connectivity index is 3.80. The van der Waals surface area contributed by atoms with E-state index in [9.17, 15) is 0 Å². The van der Waals surface area contributed by atoms with Crippen LogP contribution in [0, 0.1) is 11.8 Å². The van der Waals surface area contributed by atoms with Crippen LogP contribution in [0.15, 0.2) is 0 Å². The molecule has 0 aliphatic heterocycles. The van der Waals surface area contributed by atoms with Crippen LogP contribution in [0.1, 0.15) is 65.2 Å². The van der Waals surface area contributed by atoms with Gasteiger partial charge in [-0.1, -0.05) is 58.8 Å². The Morgan fingerprint density at radius 2 is 1.28 bits per heavy atom. The molecule has 0 radical (unpaired) electrons. The van der Waals surface area contributed by atoms with Crippen molar-refractivity contribution in [2.45, 2.75) is 65.2 Å². The maximum atomic E-state index is 5.37. The Morgan fingerprint density at radius 3 is 1.83 bits per heavy atom. The highest BCUT2D eigenvalue weighted by Crippen LogP contribution is 2.23. The van der Waals surface area contributed by atoms with Crippen LogP contribution >= 0.6 is 0 Å². The zero-order valence-corrected chi connectivity index (χ0v) is 13.0. The first-order valence-corrected chi connectivity index (χ1v) is 7.77. The molecule has 0 rings (SSSR count). The first-order valence-electron chi connectivity index (χ1n) is 7.77. The van der Waals surface area contributed by atoms with Crippen LogP contribution in [0.2, 0.25) is 0 Å². The van der Waals surface area contributed by atoms with Crippen LogP contribution in [0.25, 0.3) is 0 Å². The second kappa shape index (κ2) is 13.4. The number of unbranched alkanes of at least 4 members (excludes halogenated alkanes) is 5. The zero-order valence-electron chi connectivity index (χ0n) is 13.0. The highest BCUT2D eigenvalue weighted by Gasteiger charge is 2.19. The van der Waals surface area contributed by atoms with Crippen molar-refractivity contribution in [3.63, 3.8) is 0 Å². The Kier molecular flexibility index (Phi) is 13.3. The molecule has 0 amide bonds. The highest BCUT2D eigenvalue weighted by molar-refractivity contribution is 4.69. The van der Waals surface area contributed by atoms with Gasteiger partial charge in [-0.3, -0.25) is 0 Å². The van der Waals surface area contributed by atoms with Crippen molar-refractivity contribution >= 4 is 0 Å². The lowest BCUT2D eigenvalue weighted by Gasteiger charge is -2.25. The summed E-state index contributed by atoms with van der Waals surface area (Å²) in [6.45, 7) is 6.29. The highest BCUT2D eigenvalue weighted by atomic mass is 16.5. The smallest absolute Gasteiger partial charge is 0.0493 e.